The Hall–Kier alpha value is -2.26. The highest BCUT2D eigenvalue weighted by Crippen LogP contribution is 2.27. The van der Waals surface area contributed by atoms with Gasteiger partial charge in [0.05, 0.1) is 22.4 Å². The van der Waals surface area contributed by atoms with Crippen molar-refractivity contribution in [3.63, 3.8) is 0 Å². The molecule has 0 saturated heterocycles. The summed E-state index contributed by atoms with van der Waals surface area (Å²) in [7, 11) is 0. The van der Waals surface area contributed by atoms with Crippen LogP contribution in [0.15, 0.2) is 41.6 Å². The molecule has 0 unspecified atom stereocenters. The number of carbonyl (C=O) groups excluding carboxylic acids is 2. The van der Waals surface area contributed by atoms with Crippen LogP contribution >= 0.6 is 46.6 Å². The van der Waals surface area contributed by atoms with Crippen LogP contribution in [0.3, 0.4) is 0 Å². The minimum absolute atomic E-state index is 0.0218. The van der Waals surface area contributed by atoms with Gasteiger partial charge < -0.3 is 15.2 Å². The number of aromatic nitrogens is 3. The van der Waals surface area contributed by atoms with Gasteiger partial charge in [0, 0.05) is 22.3 Å². The monoisotopic (exact) mass is 553 g/mol. The highest BCUT2D eigenvalue weighted by atomic mass is 35.5. The average molecular weight is 555 g/mol. The van der Waals surface area contributed by atoms with Gasteiger partial charge in [0.25, 0.3) is 5.91 Å². The summed E-state index contributed by atoms with van der Waals surface area (Å²) in [6, 6.07) is 9.62. The predicted molar refractivity (Wildman–Crippen MR) is 143 cm³/mol. The fourth-order valence-corrected chi connectivity index (χ4v) is 4.97. The first-order valence-electron chi connectivity index (χ1n) is 11.0. The lowest BCUT2D eigenvalue weighted by Gasteiger charge is -2.22. The molecule has 3 aromatic rings. The van der Waals surface area contributed by atoms with E-state index in [0.29, 0.717) is 38.8 Å². The lowest BCUT2D eigenvalue weighted by atomic mass is 10.0. The summed E-state index contributed by atoms with van der Waals surface area (Å²) in [6.45, 7) is 8.38. The summed E-state index contributed by atoms with van der Waals surface area (Å²) >= 11 is 19.4. The number of anilines is 1. The van der Waals surface area contributed by atoms with Gasteiger partial charge in [-0.2, -0.15) is 0 Å². The molecule has 1 aromatic heterocycles. The second kappa shape index (κ2) is 12.1. The molecule has 11 heteroatoms. The largest absolute Gasteiger partial charge is 0.342 e. The number of benzene rings is 2. The lowest BCUT2D eigenvalue weighted by Crippen LogP contribution is -2.34. The molecule has 0 aliphatic rings. The van der Waals surface area contributed by atoms with Crippen molar-refractivity contribution in [2.45, 2.75) is 45.4 Å². The van der Waals surface area contributed by atoms with Gasteiger partial charge in [-0.05, 0) is 61.7 Å². The Morgan fingerprint density at radius 1 is 1.06 bits per heavy atom. The maximum Gasteiger partial charge on any atom is 0.253 e. The number of nitrogens with zero attached hydrogens (tertiary/aromatic N) is 3. The molecule has 7 nitrogen and oxygen atoms in total. The van der Waals surface area contributed by atoms with Crippen LogP contribution in [0.1, 0.15) is 48.6 Å². The van der Waals surface area contributed by atoms with E-state index in [-0.39, 0.29) is 28.5 Å². The predicted octanol–water partition coefficient (Wildman–Crippen LogP) is 6.42. The van der Waals surface area contributed by atoms with E-state index in [9.17, 15) is 9.59 Å². The first kappa shape index (κ1) is 27.3. The number of amides is 2. The third-order valence-corrected chi connectivity index (χ3v) is 7.01. The van der Waals surface area contributed by atoms with E-state index in [1.165, 1.54) is 17.8 Å². The second-order valence-corrected chi connectivity index (χ2v) is 10.4. The van der Waals surface area contributed by atoms with E-state index in [4.69, 9.17) is 34.8 Å². The summed E-state index contributed by atoms with van der Waals surface area (Å²) in [6.07, 6.45) is 0. The number of aryl methyl sites for hydroxylation is 1. The van der Waals surface area contributed by atoms with Crippen LogP contribution in [0, 0.1) is 12.8 Å². The molecule has 2 N–H and O–H groups in total. The van der Waals surface area contributed by atoms with Crippen LogP contribution in [0.2, 0.25) is 15.1 Å². The Labute approximate surface area is 223 Å². The molecule has 0 bridgehead atoms. The minimum Gasteiger partial charge on any atom is -0.342 e. The molecule has 1 heterocycles. The van der Waals surface area contributed by atoms with Crippen molar-refractivity contribution in [2.24, 2.45) is 5.92 Å². The number of thioether (sulfide) groups is 1. The Morgan fingerprint density at radius 3 is 2.37 bits per heavy atom. The van der Waals surface area contributed by atoms with Crippen LogP contribution < -0.4 is 10.6 Å². The Bertz CT molecular complexity index is 1230. The fourth-order valence-electron chi connectivity index (χ4n) is 3.44. The lowest BCUT2D eigenvalue weighted by molar-refractivity contribution is -0.113. The second-order valence-electron chi connectivity index (χ2n) is 8.20. The summed E-state index contributed by atoms with van der Waals surface area (Å²) in [5.74, 6) is 0.284. The van der Waals surface area contributed by atoms with Crippen LogP contribution in [-0.4, -0.2) is 32.3 Å². The molecule has 2 aromatic carbocycles. The van der Waals surface area contributed by atoms with Gasteiger partial charge in [0.2, 0.25) is 5.91 Å². The third-order valence-electron chi connectivity index (χ3n) is 5.26. The molecule has 0 radical (unpaired) electrons. The molecule has 186 valence electrons. The van der Waals surface area contributed by atoms with Crippen molar-refractivity contribution in [3.8, 4) is 0 Å². The SMILES string of the molecule is CCn1c(SCC(=O)Nc2ccc(Cl)cc2C)nnc1[C@H](NC(=O)c1ccc(Cl)cc1Cl)C(C)C. The highest BCUT2D eigenvalue weighted by Gasteiger charge is 2.27. The molecule has 0 fully saturated rings. The number of hydrogen-bond donors (Lipinski definition) is 2. The van der Waals surface area contributed by atoms with Gasteiger partial charge in [-0.25, -0.2) is 0 Å². The molecule has 0 aliphatic heterocycles. The van der Waals surface area contributed by atoms with E-state index < -0.39 is 6.04 Å². The topological polar surface area (TPSA) is 88.9 Å². The zero-order chi connectivity index (χ0) is 25.7. The first-order valence-corrected chi connectivity index (χ1v) is 13.1. The fraction of sp³-hybridized carbons (Fsp3) is 0.333. The molecular weight excluding hydrogens is 529 g/mol. The van der Waals surface area contributed by atoms with Gasteiger partial charge in [-0.3, -0.25) is 9.59 Å². The summed E-state index contributed by atoms with van der Waals surface area (Å²) in [5.41, 5.74) is 1.92. The van der Waals surface area contributed by atoms with Gasteiger partial charge in [0.15, 0.2) is 11.0 Å². The van der Waals surface area contributed by atoms with Crippen LogP contribution in [-0.2, 0) is 11.3 Å². The minimum atomic E-state index is -0.415. The molecule has 3 rings (SSSR count). The van der Waals surface area contributed by atoms with E-state index in [0.717, 1.165) is 5.56 Å². The van der Waals surface area contributed by atoms with Gasteiger partial charge in [-0.15, -0.1) is 10.2 Å². The molecule has 0 aliphatic carbocycles. The van der Waals surface area contributed by atoms with Gasteiger partial charge in [0.1, 0.15) is 0 Å². The van der Waals surface area contributed by atoms with Crippen molar-refractivity contribution < 1.29 is 9.59 Å². The average Bonchev–Trinajstić information content (AvgIpc) is 3.20. The van der Waals surface area contributed by atoms with Gasteiger partial charge in [-0.1, -0.05) is 60.4 Å². The maximum atomic E-state index is 12.9. The molecule has 2 amide bonds. The van der Waals surface area contributed by atoms with E-state index in [1.54, 1.807) is 30.3 Å². The number of hydrogen-bond acceptors (Lipinski definition) is 5. The smallest absolute Gasteiger partial charge is 0.253 e. The molecule has 0 saturated carbocycles. The van der Waals surface area contributed by atoms with Crippen molar-refractivity contribution in [2.75, 3.05) is 11.1 Å². The van der Waals surface area contributed by atoms with Crippen molar-refractivity contribution >= 4 is 64.1 Å². The zero-order valence-corrected chi connectivity index (χ0v) is 22.8. The molecule has 0 spiro atoms. The quantitative estimate of drug-likeness (QED) is 0.298. The summed E-state index contributed by atoms with van der Waals surface area (Å²) in [4.78, 5) is 25.5. The number of rotatable bonds is 9. The van der Waals surface area contributed by atoms with E-state index >= 15 is 0 Å². The molecule has 35 heavy (non-hydrogen) atoms. The van der Waals surface area contributed by atoms with Crippen LogP contribution in [0.4, 0.5) is 5.69 Å². The third kappa shape index (κ3) is 6.91. The Morgan fingerprint density at radius 2 is 1.74 bits per heavy atom. The first-order chi connectivity index (χ1) is 16.6. The Balaban J connectivity index is 1.73. The molecule has 1 atom stereocenters. The Kier molecular flexibility index (Phi) is 9.47. The number of carbonyl (C=O) groups is 2. The van der Waals surface area contributed by atoms with Crippen LogP contribution in [0.5, 0.6) is 0 Å². The maximum absolute atomic E-state index is 12.9. The van der Waals surface area contributed by atoms with Crippen molar-refractivity contribution in [1.29, 1.82) is 0 Å². The zero-order valence-electron chi connectivity index (χ0n) is 19.7. The van der Waals surface area contributed by atoms with Gasteiger partial charge >= 0.3 is 0 Å². The highest BCUT2D eigenvalue weighted by molar-refractivity contribution is 7.99. The number of halogens is 3. The standard InChI is InChI=1S/C24H26Cl3N5O2S/c1-5-32-22(21(13(2)3)29-23(34)17-8-6-16(26)11-18(17)27)30-31-24(32)35-12-20(33)28-19-9-7-15(25)10-14(19)4/h6-11,13,21H,5,12H2,1-4H3,(H,28,33)(H,29,34)/t21-/m1/s1. The van der Waals surface area contributed by atoms with E-state index in [1.807, 2.05) is 32.3 Å². The summed E-state index contributed by atoms with van der Waals surface area (Å²) < 4.78 is 1.90. The molecular formula is C24H26Cl3N5O2S. The number of nitrogens with one attached hydrogen (secondary N) is 2. The normalized spacial score (nSPS) is 12.0. The van der Waals surface area contributed by atoms with Crippen LogP contribution in [0.25, 0.3) is 0 Å². The van der Waals surface area contributed by atoms with Crippen molar-refractivity contribution in [3.05, 3.63) is 68.4 Å². The summed E-state index contributed by atoms with van der Waals surface area (Å²) in [5, 5.41) is 16.5. The van der Waals surface area contributed by atoms with E-state index in [2.05, 4.69) is 20.8 Å². The van der Waals surface area contributed by atoms with Crippen molar-refractivity contribution in [1.82, 2.24) is 20.1 Å².